The van der Waals surface area contributed by atoms with Crippen molar-refractivity contribution in [3.63, 3.8) is 0 Å². The molecule has 1 aromatic carbocycles. The highest BCUT2D eigenvalue weighted by molar-refractivity contribution is 5.51. The molecule has 2 N–H and O–H groups in total. The zero-order valence-electron chi connectivity index (χ0n) is 12.1. The van der Waals surface area contributed by atoms with E-state index in [2.05, 4.69) is 37.5 Å². The SMILES string of the molecule is CNC(c1c(C)cc(C)c(C)c1OC)C1CNC1. The number of nitrogens with one attached hydrogen (secondary N) is 2. The summed E-state index contributed by atoms with van der Waals surface area (Å²) in [6, 6.07) is 2.64. The minimum Gasteiger partial charge on any atom is -0.496 e. The van der Waals surface area contributed by atoms with Crippen LogP contribution in [0.3, 0.4) is 0 Å². The van der Waals surface area contributed by atoms with E-state index in [0.717, 1.165) is 18.8 Å². The predicted molar refractivity (Wildman–Crippen MR) is 75.4 cm³/mol. The van der Waals surface area contributed by atoms with Gasteiger partial charge in [0.15, 0.2) is 0 Å². The first-order valence-corrected chi connectivity index (χ1v) is 6.62. The second-order valence-electron chi connectivity index (χ2n) is 5.27. The molecule has 1 aromatic rings. The highest BCUT2D eigenvalue weighted by Crippen LogP contribution is 2.37. The Kier molecular flexibility index (Phi) is 3.93. The third kappa shape index (κ3) is 2.13. The molecule has 0 bridgehead atoms. The molecule has 0 aromatic heterocycles. The van der Waals surface area contributed by atoms with Gasteiger partial charge in [0.05, 0.1) is 7.11 Å². The molecule has 0 aliphatic carbocycles. The first-order chi connectivity index (χ1) is 8.60. The van der Waals surface area contributed by atoms with Gasteiger partial charge >= 0.3 is 0 Å². The summed E-state index contributed by atoms with van der Waals surface area (Å²) < 4.78 is 5.68. The largest absolute Gasteiger partial charge is 0.496 e. The van der Waals surface area contributed by atoms with Gasteiger partial charge in [0.25, 0.3) is 0 Å². The summed E-state index contributed by atoms with van der Waals surface area (Å²) in [6.45, 7) is 8.64. The maximum atomic E-state index is 5.68. The Morgan fingerprint density at radius 2 is 1.94 bits per heavy atom. The Morgan fingerprint density at radius 1 is 1.28 bits per heavy atom. The number of ether oxygens (including phenoxy) is 1. The molecule has 1 unspecified atom stereocenters. The molecular formula is C15H24N2O. The van der Waals surface area contributed by atoms with Crippen LogP contribution in [0.2, 0.25) is 0 Å². The van der Waals surface area contributed by atoms with Gasteiger partial charge in [0, 0.05) is 30.6 Å². The van der Waals surface area contributed by atoms with E-state index in [4.69, 9.17) is 4.74 Å². The minimum atomic E-state index is 0.375. The van der Waals surface area contributed by atoms with Crippen molar-refractivity contribution >= 4 is 0 Å². The van der Waals surface area contributed by atoms with Gasteiger partial charge in [-0.05, 0) is 44.5 Å². The number of benzene rings is 1. The van der Waals surface area contributed by atoms with Crippen LogP contribution < -0.4 is 15.4 Å². The molecule has 18 heavy (non-hydrogen) atoms. The molecule has 2 rings (SSSR count). The number of rotatable bonds is 4. The standard InChI is InChI=1S/C15H24N2O/c1-9-6-10(2)13(15(18-5)11(9)3)14(16-4)12-7-17-8-12/h6,12,14,16-17H,7-8H2,1-5H3. The van der Waals surface area contributed by atoms with Crippen molar-refractivity contribution in [2.45, 2.75) is 26.8 Å². The van der Waals surface area contributed by atoms with Crippen LogP contribution in [-0.4, -0.2) is 27.2 Å². The molecule has 0 radical (unpaired) electrons. The molecule has 1 fully saturated rings. The van der Waals surface area contributed by atoms with E-state index in [1.807, 2.05) is 7.05 Å². The summed E-state index contributed by atoms with van der Waals surface area (Å²) in [7, 11) is 3.81. The first-order valence-electron chi connectivity index (χ1n) is 6.62. The van der Waals surface area contributed by atoms with Gasteiger partial charge in [-0.15, -0.1) is 0 Å². The number of aryl methyl sites for hydroxylation is 2. The number of methoxy groups -OCH3 is 1. The molecule has 0 spiro atoms. The Balaban J connectivity index is 2.50. The molecule has 3 heteroatoms. The van der Waals surface area contributed by atoms with Crippen LogP contribution in [0.5, 0.6) is 5.75 Å². The fourth-order valence-corrected chi connectivity index (χ4v) is 2.88. The Bertz CT molecular complexity index is 439. The first kappa shape index (κ1) is 13.4. The van der Waals surface area contributed by atoms with Crippen molar-refractivity contribution in [1.82, 2.24) is 10.6 Å². The second kappa shape index (κ2) is 5.29. The van der Waals surface area contributed by atoms with E-state index in [1.54, 1.807) is 7.11 Å². The summed E-state index contributed by atoms with van der Waals surface area (Å²) >= 11 is 0. The van der Waals surface area contributed by atoms with Crippen LogP contribution in [0.25, 0.3) is 0 Å². The number of hydrogen-bond acceptors (Lipinski definition) is 3. The Labute approximate surface area is 110 Å². The summed E-state index contributed by atoms with van der Waals surface area (Å²) in [4.78, 5) is 0. The summed E-state index contributed by atoms with van der Waals surface area (Å²) in [5, 5.41) is 6.81. The molecule has 0 amide bonds. The molecule has 1 aliphatic heterocycles. The van der Waals surface area contributed by atoms with Crippen molar-refractivity contribution in [2.75, 3.05) is 27.2 Å². The van der Waals surface area contributed by atoms with Crippen LogP contribution in [-0.2, 0) is 0 Å². The van der Waals surface area contributed by atoms with Gasteiger partial charge in [0.2, 0.25) is 0 Å². The van der Waals surface area contributed by atoms with Crippen molar-refractivity contribution < 1.29 is 4.74 Å². The molecule has 1 heterocycles. The van der Waals surface area contributed by atoms with Gasteiger partial charge in [-0.1, -0.05) is 6.07 Å². The van der Waals surface area contributed by atoms with E-state index < -0.39 is 0 Å². The van der Waals surface area contributed by atoms with Gasteiger partial charge in [-0.3, -0.25) is 0 Å². The molecule has 0 saturated carbocycles. The molecular weight excluding hydrogens is 224 g/mol. The maximum Gasteiger partial charge on any atom is 0.127 e. The molecule has 3 nitrogen and oxygen atoms in total. The minimum absolute atomic E-state index is 0.375. The van der Waals surface area contributed by atoms with Crippen molar-refractivity contribution in [3.05, 3.63) is 28.3 Å². The van der Waals surface area contributed by atoms with Crippen molar-refractivity contribution in [1.29, 1.82) is 0 Å². The fraction of sp³-hybridized carbons (Fsp3) is 0.600. The smallest absolute Gasteiger partial charge is 0.127 e. The predicted octanol–water partition coefficient (Wildman–Crippen LogP) is 2.10. The molecule has 100 valence electrons. The lowest BCUT2D eigenvalue weighted by Gasteiger charge is -2.36. The zero-order chi connectivity index (χ0) is 13.3. The van der Waals surface area contributed by atoms with Crippen LogP contribution >= 0.6 is 0 Å². The van der Waals surface area contributed by atoms with E-state index >= 15 is 0 Å². The highest BCUT2D eigenvalue weighted by atomic mass is 16.5. The van der Waals surface area contributed by atoms with Crippen LogP contribution in [0.15, 0.2) is 6.07 Å². The average Bonchev–Trinajstić information content (AvgIpc) is 2.28. The Hall–Kier alpha value is -1.06. The fourth-order valence-electron chi connectivity index (χ4n) is 2.88. The average molecular weight is 248 g/mol. The van der Waals surface area contributed by atoms with Crippen LogP contribution in [0.4, 0.5) is 0 Å². The van der Waals surface area contributed by atoms with E-state index in [1.165, 1.54) is 22.3 Å². The number of hydrogen-bond donors (Lipinski definition) is 2. The Morgan fingerprint density at radius 3 is 2.39 bits per heavy atom. The summed E-state index contributed by atoms with van der Waals surface area (Å²) in [5.74, 6) is 1.71. The van der Waals surface area contributed by atoms with Crippen molar-refractivity contribution in [2.24, 2.45) is 5.92 Å². The van der Waals surface area contributed by atoms with Crippen molar-refractivity contribution in [3.8, 4) is 5.75 Å². The second-order valence-corrected chi connectivity index (χ2v) is 5.27. The highest BCUT2D eigenvalue weighted by Gasteiger charge is 2.31. The third-order valence-electron chi connectivity index (χ3n) is 4.15. The molecule has 1 atom stereocenters. The lowest BCUT2D eigenvalue weighted by molar-refractivity contribution is 0.261. The topological polar surface area (TPSA) is 33.3 Å². The zero-order valence-corrected chi connectivity index (χ0v) is 12.1. The molecule has 1 aliphatic rings. The van der Waals surface area contributed by atoms with Gasteiger partial charge < -0.3 is 15.4 Å². The molecule has 1 saturated heterocycles. The van der Waals surface area contributed by atoms with E-state index in [0.29, 0.717) is 12.0 Å². The van der Waals surface area contributed by atoms with E-state index in [-0.39, 0.29) is 0 Å². The van der Waals surface area contributed by atoms with Gasteiger partial charge in [0.1, 0.15) is 5.75 Å². The normalized spacial score (nSPS) is 17.4. The lowest BCUT2D eigenvalue weighted by Crippen LogP contribution is -2.48. The quantitative estimate of drug-likeness (QED) is 0.856. The lowest BCUT2D eigenvalue weighted by atomic mass is 9.84. The van der Waals surface area contributed by atoms with Gasteiger partial charge in [-0.2, -0.15) is 0 Å². The van der Waals surface area contributed by atoms with Gasteiger partial charge in [-0.25, -0.2) is 0 Å². The third-order valence-corrected chi connectivity index (χ3v) is 4.15. The monoisotopic (exact) mass is 248 g/mol. The maximum absolute atomic E-state index is 5.68. The summed E-state index contributed by atoms with van der Waals surface area (Å²) in [6.07, 6.45) is 0. The summed E-state index contributed by atoms with van der Waals surface area (Å²) in [5.41, 5.74) is 5.20. The van der Waals surface area contributed by atoms with Crippen LogP contribution in [0, 0.1) is 26.7 Å². The van der Waals surface area contributed by atoms with Crippen LogP contribution in [0.1, 0.15) is 28.3 Å². The van der Waals surface area contributed by atoms with E-state index in [9.17, 15) is 0 Å².